The standard InChI is InChI=1S/C10H24O2Si/c1-9(2)5-7-11-13-12-8-6-10(3)4/h9-10H,5-8,13H2,1-4H3. The lowest BCUT2D eigenvalue weighted by Crippen LogP contribution is -2.09. The average Bonchev–Trinajstić information content (AvgIpc) is 2.01. The van der Waals surface area contributed by atoms with Crippen LogP contribution in [0, 0.1) is 11.8 Å². The molecule has 0 saturated carbocycles. The van der Waals surface area contributed by atoms with Crippen LogP contribution in [0.1, 0.15) is 40.5 Å². The third-order valence-corrected chi connectivity index (χ3v) is 2.76. The fourth-order valence-electron chi connectivity index (χ4n) is 0.815. The van der Waals surface area contributed by atoms with Crippen molar-refractivity contribution in [2.75, 3.05) is 13.2 Å². The van der Waals surface area contributed by atoms with E-state index in [2.05, 4.69) is 27.7 Å². The maximum absolute atomic E-state index is 5.44. The molecule has 0 amide bonds. The molecule has 0 spiro atoms. The zero-order chi connectivity index (χ0) is 10.1. The first-order valence-electron chi connectivity index (χ1n) is 5.28. The monoisotopic (exact) mass is 204 g/mol. The quantitative estimate of drug-likeness (QED) is 0.445. The number of hydrogen-bond donors (Lipinski definition) is 0. The molecule has 0 heterocycles. The normalized spacial score (nSPS) is 11.5. The molecule has 0 unspecified atom stereocenters. The predicted molar refractivity (Wildman–Crippen MR) is 59.4 cm³/mol. The van der Waals surface area contributed by atoms with Gasteiger partial charge in [0.2, 0.25) is 0 Å². The van der Waals surface area contributed by atoms with Crippen molar-refractivity contribution in [3.8, 4) is 0 Å². The van der Waals surface area contributed by atoms with Gasteiger partial charge in [0.1, 0.15) is 0 Å². The molecule has 0 atom stereocenters. The van der Waals surface area contributed by atoms with Crippen molar-refractivity contribution in [3.05, 3.63) is 0 Å². The molecular weight excluding hydrogens is 180 g/mol. The fraction of sp³-hybridized carbons (Fsp3) is 1.00. The molecule has 0 radical (unpaired) electrons. The summed E-state index contributed by atoms with van der Waals surface area (Å²) >= 11 is 0. The molecule has 0 aromatic heterocycles. The topological polar surface area (TPSA) is 18.5 Å². The largest absolute Gasteiger partial charge is 0.399 e. The Morgan fingerprint density at radius 2 is 1.23 bits per heavy atom. The van der Waals surface area contributed by atoms with Crippen molar-refractivity contribution >= 4 is 10.0 Å². The van der Waals surface area contributed by atoms with Crippen LogP contribution in [0.4, 0.5) is 0 Å². The maximum atomic E-state index is 5.44. The minimum Gasteiger partial charge on any atom is -0.399 e. The van der Waals surface area contributed by atoms with Gasteiger partial charge in [-0.1, -0.05) is 27.7 Å². The Labute approximate surface area is 85.1 Å². The Morgan fingerprint density at radius 1 is 0.846 bits per heavy atom. The summed E-state index contributed by atoms with van der Waals surface area (Å²) in [5.74, 6) is 1.48. The van der Waals surface area contributed by atoms with E-state index in [-0.39, 0.29) is 0 Å². The van der Waals surface area contributed by atoms with Crippen LogP contribution in [0.15, 0.2) is 0 Å². The molecule has 0 bridgehead atoms. The highest BCUT2D eigenvalue weighted by molar-refractivity contribution is 6.17. The highest BCUT2D eigenvalue weighted by Crippen LogP contribution is 2.00. The van der Waals surface area contributed by atoms with Crippen molar-refractivity contribution in [2.45, 2.75) is 40.5 Å². The van der Waals surface area contributed by atoms with E-state index in [1.165, 1.54) is 0 Å². The minimum atomic E-state index is -0.675. The number of rotatable bonds is 8. The molecule has 13 heavy (non-hydrogen) atoms. The van der Waals surface area contributed by atoms with Crippen LogP contribution in [0.5, 0.6) is 0 Å². The van der Waals surface area contributed by atoms with Crippen molar-refractivity contribution < 1.29 is 8.85 Å². The Kier molecular flexibility index (Phi) is 8.81. The Morgan fingerprint density at radius 3 is 1.54 bits per heavy atom. The lowest BCUT2D eigenvalue weighted by atomic mass is 10.2. The average molecular weight is 204 g/mol. The summed E-state index contributed by atoms with van der Waals surface area (Å²) in [6.07, 6.45) is 2.31. The minimum absolute atomic E-state index is 0.675. The molecule has 0 saturated heterocycles. The van der Waals surface area contributed by atoms with Gasteiger partial charge in [-0.3, -0.25) is 0 Å². The van der Waals surface area contributed by atoms with Crippen LogP contribution in [-0.4, -0.2) is 23.2 Å². The van der Waals surface area contributed by atoms with Crippen molar-refractivity contribution in [1.82, 2.24) is 0 Å². The SMILES string of the molecule is CC(C)CCO[SiH2]OCCC(C)C. The molecule has 0 aromatic carbocycles. The second kappa shape index (κ2) is 8.72. The lowest BCUT2D eigenvalue weighted by molar-refractivity contribution is 0.203. The van der Waals surface area contributed by atoms with Crippen molar-refractivity contribution in [2.24, 2.45) is 11.8 Å². The molecule has 0 aliphatic heterocycles. The summed E-state index contributed by atoms with van der Waals surface area (Å²) in [5, 5.41) is 0. The van der Waals surface area contributed by atoms with Gasteiger partial charge in [0.25, 0.3) is 0 Å². The van der Waals surface area contributed by atoms with E-state index in [4.69, 9.17) is 8.85 Å². The second-order valence-electron chi connectivity index (χ2n) is 4.30. The first kappa shape index (κ1) is 13.1. The smallest absolute Gasteiger partial charge is 0.304 e. The molecule has 0 aliphatic carbocycles. The zero-order valence-corrected chi connectivity index (χ0v) is 10.9. The number of hydrogen-bond acceptors (Lipinski definition) is 2. The summed E-state index contributed by atoms with van der Waals surface area (Å²) < 4.78 is 10.9. The van der Waals surface area contributed by atoms with Gasteiger partial charge in [0.05, 0.1) is 0 Å². The van der Waals surface area contributed by atoms with Gasteiger partial charge < -0.3 is 8.85 Å². The van der Waals surface area contributed by atoms with Gasteiger partial charge in [-0.2, -0.15) is 0 Å². The van der Waals surface area contributed by atoms with Crippen LogP contribution in [-0.2, 0) is 8.85 Å². The third kappa shape index (κ3) is 12.1. The van der Waals surface area contributed by atoms with Gasteiger partial charge in [-0.05, 0) is 24.7 Å². The molecular formula is C10H24O2Si. The molecule has 0 N–H and O–H groups in total. The molecule has 2 nitrogen and oxygen atoms in total. The first-order valence-corrected chi connectivity index (χ1v) is 6.44. The van der Waals surface area contributed by atoms with Gasteiger partial charge in [-0.25, -0.2) is 0 Å². The summed E-state index contributed by atoms with van der Waals surface area (Å²) in [6, 6.07) is 0. The van der Waals surface area contributed by atoms with Crippen LogP contribution in [0.2, 0.25) is 0 Å². The highest BCUT2D eigenvalue weighted by atomic mass is 28.3. The molecule has 0 aromatic rings. The van der Waals surface area contributed by atoms with Gasteiger partial charge in [-0.15, -0.1) is 0 Å². The second-order valence-corrected chi connectivity index (χ2v) is 5.35. The molecule has 0 fully saturated rings. The summed E-state index contributed by atoms with van der Waals surface area (Å²) in [6.45, 7) is 10.6. The predicted octanol–water partition coefficient (Wildman–Crippen LogP) is 2.11. The van der Waals surface area contributed by atoms with Crippen LogP contribution < -0.4 is 0 Å². The zero-order valence-electron chi connectivity index (χ0n) is 9.51. The van der Waals surface area contributed by atoms with Crippen molar-refractivity contribution in [3.63, 3.8) is 0 Å². The van der Waals surface area contributed by atoms with Crippen LogP contribution in [0.25, 0.3) is 0 Å². The fourth-order valence-corrected chi connectivity index (χ4v) is 1.50. The van der Waals surface area contributed by atoms with E-state index in [0.717, 1.165) is 37.9 Å². The highest BCUT2D eigenvalue weighted by Gasteiger charge is 1.96. The molecule has 0 aliphatic rings. The molecule has 0 rings (SSSR count). The van der Waals surface area contributed by atoms with E-state index in [1.807, 2.05) is 0 Å². The summed E-state index contributed by atoms with van der Waals surface area (Å²) in [4.78, 5) is 0. The first-order chi connectivity index (χ1) is 6.13. The molecule has 3 heteroatoms. The van der Waals surface area contributed by atoms with E-state index in [0.29, 0.717) is 0 Å². The summed E-state index contributed by atoms with van der Waals surface area (Å²) in [7, 11) is -0.675. The Bertz CT molecular complexity index is 93.1. The summed E-state index contributed by atoms with van der Waals surface area (Å²) in [5.41, 5.74) is 0. The van der Waals surface area contributed by atoms with E-state index in [1.54, 1.807) is 0 Å². The van der Waals surface area contributed by atoms with E-state index < -0.39 is 10.0 Å². The molecule has 80 valence electrons. The van der Waals surface area contributed by atoms with Gasteiger partial charge >= 0.3 is 10.0 Å². The Hall–Kier alpha value is 0.137. The van der Waals surface area contributed by atoms with Crippen LogP contribution >= 0.6 is 0 Å². The Balaban J connectivity index is 2.92. The van der Waals surface area contributed by atoms with Crippen molar-refractivity contribution in [1.29, 1.82) is 0 Å². The third-order valence-electron chi connectivity index (χ3n) is 1.85. The lowest BCUT2D eigenvalue weighted by Gasteiger charge is -2.08. The van der Waals surface area contributed by atoms with E-state index in [9.17, 15) is 0 Å². The van der Waals surface area contributed by atoms with Gasteiger partial charge in [0, 0.05) is 13.2 Å². The van der Waals surface area contributed by atoms with Gasteiger partial charge in [0.15, 0.2) is 0 Å². The maximum Gasteiger partial charge on any atom is 0.304 e. The van der Waals surface area contributed by atoms with E-state index >= 15 is 0 Å². The van der Waals surface area contributed by atoms with Crippen LogP contribution in [0.3, 0.4) is 0 Å².